The fourth-order valence-electron chi connectivity index (χ4n) is 2.17. The molecule has 98 valence electrons. The molecule has 0 radical (unpaired) electrons. The van der Waals surface area contributed by atoms with Crippen LogP contribution in [-0.4, -0.2) is 41.7 Å². The van der Waals surface area contributed by atoms with Gasteiger partial charge in [0.25, 0.3) is 0 Å². The predicted molar refractivity (Wildman–Crippen MR) is 68.0 cm³/mol. The van der Waals surface area contributed by atoms with Crippen molar-refractivity contribution in [2.45, 2.75) is 45.1 Å². The Bertz CT molecular complexity index is 271. The van der Waals surface area contributed by atoms with E-state index in [2.05, 4.69) is 12.2 Å². The van der Waals surface area contributed by atoms with Crippen LogP contribution in [0.4, 0.5) is 0 Å². The molecule has 4 nitrogen and oxygen atoms in total. The molecule has 1 rings (SSSR count). The number of hydrogen-bond acceptors (Lipinski definition) is 2. The summed E-state index contributed by atoms with van der Waals surface area (Å²) in [5.74, 6) is -0.378. The first-order valence-corrected chi connectivity index (χ1v) is 6.89. The van der Waals surface area contributed by atoms with Crippen LogP contribution in [0, 0.1) is 0 Å². The fourth-order valence-corrected chi connectivity index (χ4v) is 2.30. The van der Waals surface area contributed by atoms with Crippen molar-refractivity contribution in [1.82, 2.24) is 10.2 Å². The fraction of sp³-hybridized carbons (Fsp3) is 0.833. The SMILES string of the molecule is CCC1CCCCN1C(=O)C(=O)NCCCCl. The number of alkyl halides is 1. The summed E-state index contributed by atoms with van der Waals surface area (Å²) >= 11 is 5.51. The first-order chi connectivity index (χ1) is 8.20. The Morgan fingerprint density at radius 3 is 2.82 bits per heavy atom. The quantitative estimate of drug-likeness (QED) is 0.473. The average molecular weight is 261 g/mol. The molecular weight excluding hydrogens is 240 g/mol. The van der Waals surface area contributed by atoms with E-state index < -0.39 is 5.91 Å². The zero-order valence-electron chi connectivity index (χ0n) is 10.4. The third-order valence-electron chi connectivity index (χ3n) is 3.15. The topological polar surface area (TPSA) is 49.4 Å². The van der Waals surface area contributed by atoms with Gasteiger partial charge in [0.2, 0.25) is 0 Å². The lowest BCUT2D eigenvalue weighted by Gasteiger charge is -2.34. The first kappa shape index (κ1) is 14.3. The molecule has 0 aromatic rings. The second-order valence-corrected chi connectivity index (χ2v) is 4.73. The Morgan fingerprint density at radius 1 is 1.41 bits per heavy atom. The van der Waals surface area contributed by atoms with E-state index in [1.165, 1.54) is 0 Å². The first-order valence-electron chi connectivity index (χ1n) is 6.35. The molecule has 17 heavy (non-hydrogen) atoms. The van der Waals surface area contributed by atoms with E-state index in [1.807, 2.05) is 0 Å². The van der Waals surface area contributed by atoms with Crippen LogP contribution >= 0.6 is 11.6 Å². The lowest BCUT2D eigenvalue weighted by Crippen LogP contribution is -2.50. The van der Waals surface area contributed by atoms with Gasteiger partial charge in [0.05, 0.1) is 0 Å². The maximum Gasteiger partial charge on any atom is 0.312 e. The molecule has 2 amide bonds. The molecule has 1 unspecified atom stereocenters. The van der Waals surface area contributed by atoms with Gasteiger partial charge >= 0.3 is 11.8 Å². The largest absolute Gasteiger partial charge is 0.348 e. The lowest BCUT2D eigenvalue weighted by molar-refractivity contribution is -0.148. The molecule has 0 bridgehead atoms. The summed E-state index contributed by atoms with van der Waals surface area (Å²) in [6, 6.07) is 0.232. The van der Waals surface area contributed by atoms with Crippen molar-refractivity contribution in [3.8, 4) is 0 Å². The number of piperidine rings is 1. The maximum absolute atomic E-state index is 11.9. The molecule has 1 aliphatic heterocycles. The van der Waals surface area contributed by atoms with Gasteiger partial charge in [0.15, 0.2) is 0 Å². The van der Waals surface area contributed by atoms with Crippen molar-refractivity contribution >= 4 is 23.4 Å². The zero-order valence-corrected chi connectivity index (χ0v) is 11.1. The Kier molecular flexibility index (Phi) is 6.34. The van der Waals surface area contributed by atoms with E-state index in [0.29, 0.717) is 25.4 Å². The Labute approximate surface area is 108 Å². The molecular formula is C12H21ClN2O2. The van der Waals surface area contributed by atoms with Crippen LogP contribution in [-0.2, 0) is 9.59 Å². The minimum atomic E-state index is -0.490. The summed E-state index contributed by atoms with van der Waals surface area (Å²) < 4.78 is 0. The number of rotatable bonds is 4. The molecule has 1 aliphatic rings. The van der Waals surface area contributed by atoms with Gasteiger partial charge in [-0.25, -0.2) is 0 Å². The van der Waals surface area contributed by atoms with Crippen molar-refractivity contribution in [3.05, 3.63) is 0 Å². The van der Waals surface area contributed by atoms with Crippen LogP contribution in [0.15, 0.2) is 0 Å². The lowest BCUT2D eigenvalue weighted by atomic mass is 10.00. The number of nitrogens with zero attached hydrogens (tertiary/aromatic N) is 1. The van der Waals surface area contributed by atoms with Gasteiger partial charge in [-0.15, -0.1) is 11.6 Å². The van der Waals surface area contributed by atoms with Gasteiger partial charge in [0.1, 0.15) is 0 Å². The summed E-state index contributed by atoms with van der Waals surface area (Å²) in [5, 5.41) is 2.61. The highest BCUT2D eigenvalue weighted by Crippen LogP contribution is 2.19. The van der Waals surface area contributed by atoms with Crippen LogP contribution in [0.3, 0.4) is 0 Å². The van der Waals surface area contributed by atoms with Gasteiger partial charge < -0.3 is 10.2 Å². The van der Waals surface area contributed by atoms with Crippen molar-refractivity contribution in [1.29, 1.82) is 0 Å². The third-order valence-corrected chi connectivity index (χ3v) is 3.42. The Hall–Kier alpha value is -0.770. The number of halogens is 1. The summed E-state index contributed by atoms with van der Waals surface area (Å²) in [6.07, 6.45) is 4.77. The van der Waals surface area contributed by atoms with Gasteiger partial charge in [-0.05, 0) is 32.1 Å². The van der Waals surface area contributed by atoms with Crippen molar-refractivity contribution < 1.29 is 9.59 Å². The minimum absolute atomic E-state index is 0.232. The number of carbonyl (C=O) groups excluding carboxylic acids is 2. The molecule has 0 saturated carbocycles. The second-order valence-electron chi connectivity index (χ2n) is 4.35. The molecule has 0 aromatic carbocycles. The molecule has 1 atom stereocenters. The average Bonchev–Trinajstić information content (AvgIpc) is 2.38. The Balaban J connectivity index is 2.46. The van der Waals surface area contributed by atoms with E-state index in [9.17, 15) is 9.59 Å². The highest BCUT2D eigenvalue weighted by atomic mass is 35.5. The normalized spacial score (nSPS) is 20.1. The van der Waals surface area contributed by atoms with Gasteiger partial charge in [-0.2, -0.15) is 0 Å². The number of likely N-dealkylation sites (tertiary alicyclic amines) is 1. The van der Waals surface area contributed by atoms with Crippen LogP contribution in [0.5, 0.6) is 0 Å². The van der Waals surface area contributed by atoms with Gasteiger partial charge in [-0.1, -0.05) is 6.92 Å². The van der Waals surface area contributed by atoms with E-state index in [0.717, 1.165) is 25.7 Å². The van der Waals surface area contributed by atoms with E-state index in [1.54, 1.807) is 4.90 Å². The van der Waals surface area contributed by atoms with Crippen LogP contribution < -0.4 is 5.32 Å². The van der Waals surface area contributed by atoms with Crippen molar-refractivity contribution in [2.24, 2.45) is 0 Å². The second kappa shape index (κ2) is 7.54. The van der Waals surface area contributed by atoms with Crippen LogP contribution in [0.1, 0.15) is 39.0 Å². The standard InChI is InChI=1S/C12H21ClN2O2/c1-2-10-6-3-4-9-15(10)12(17)11(16)14-8-5-7-13/h10H,2-9H2,1H3,(H,14,16). The number of hydrogen-bond donors (Lipinski definition) is 1. The number of amides is 2. The van der Waals surface area contributed by atoms with Crippen molar-refractivity contribution in [3.63, 3.8) is 0 Å². The highest BCUT2D eigenvalue weighted by Gasteiger charge is 2.29. The molecule has 1 fully saturated rings. The molecule has 1 N–H and O–H groups in total. The Morgan fingerprint density at radius 2 is 2.18 bits per heavy atom. The van der Waals surface area contributed by atoms with Crippen LogP contribution in [0.25, 0.3) is 0 Å². The molecule has 5 heteroatoms. The van der Waals surface area contributed by atoms with Gasteiger partial charge in [-0.3, -0.25) is 9.59 Å². The minimum Gasteiger partial charge on any atom is -0.348 e. The predicted octanol–water partition coefficient (Wildman–Crippen LogP) is 1.52. The number of carbonyl (C=O) groups is 2. The summed E-state index contributed by atoms with van der Waals surface area (Å²) in [6.45, 7) is 3.24. The van der Waals surface area contributed by atoms with Crippen molar-refractivity contribution in [2.75, 3.05) is 19.0 Å². The molecule has 0 spiro atoms. The smallest absolute Gasteiger partial charge is 0.312 e. The van der Waals surface area contributed by atoms with E-state index in [-0.39, 0.29) is 11.9 Å². The molecule has 0 aliphatic carbocycles. The van der Waals surface area contributed by atoms with Gasteiger partial charge in [0, 0.05) is 25.0 Å². The highest BCUT2D eigenvalue weighted by molar-refractivity contribution is 6.35. The zero-order chi connectivity index (χ0) is 12.7. The monoisotopic (exact) mass is 260 g/mol. The number of nitrogens with one attached hydrogen (secondary N) is 1. The molecule has 1 heterocycles. The maximum atomic E-state index is 11.9. The van der Waals surface area contributed by atoms with Crippen LogP contribution in [0.2, 0.25) is 0 Å². The summed E-state index contributed by atoms with van der Waals surface area (Å²) in [5.41, 5.74) is 0. The molecule has 0 aromatic heterocycles. The van der Waals surface area contributed by atoms with E-state index in [4.69, 9.17) is 11.6 Å². The summed E-state index contributed by atoms with van der Waals surface area (Å²) in [4.78, 5) is 25.3. The molecule has 1 saturated heterocycles. The third kappa shape index (κ3) is 4.19. The summed E-state index contributed by atoms with van der Waals surface area (Å²) in [7, 11) is 0. The van der Waals surface area contributed by atoms with E-state index >= 15 is 0 Å².